The number of carboxylic acid groups (broad SMARTS) is 1. The Bertz CT molecular complexity index is 1380. The number of H-pyrrole nitrogens is 1. The minimum Gasteiger partial charge on any atom is -0.481 e. The van der Waals surface area contributed by atoms with Gasteiger partial charge in [-0.3, -0.25) is 9.36 Å². The lowest BCUT2D eigenvalue weighted by molar-refractivity contribution is -0.148. The highest BCUT2D eigenvalue weighted by Crippen LogP contribution is 2.46. The van der Waals surface area contributed by atoms with E-state index in [0.29, 0.717) is 16.7 Å². The quantitative estimate of drug-likeness (QED) is 0.392. The first-order valence-corrected chi connectivity index (χ1v) is 11.4. The third kappa shape index (κ3) is 3.38. The Kier molecular flexibility index (Phi) is 4.94. The molecule has 0 amide bonds. The van der Waals surface area contributed by atoms with Gasteiger partial charge in [-0.15, -0.1) is 0 Å². The van der Waals surface area contributed by atoms with Crippen LogP contribution in [0, 0.1) is 23.6 Å². The van der Waals surface area contributed by atoms with Gasteiger partial charge in [0, 0.05) is 24.6 Å². The number of hydrogen-bond donors (Lipinski definition) is 3. The van der Waals surface area contributed by atoms with Crippen LogP contribution in [0.3, 0.4) is 0 Å². The van der Waals surface area contributed by atoms with Crippen LogP contribution in [0.15, 0.2) is 31.1 Å². The highest BCUT2D eigenvalue weighted by Gasteiger charge is 2.47. The van der Waals surface area contributed by atoms with Crippen molar-refractivity contribution < 1.29 is 14.3 Å². The Morgan fingerprint density at radius 1 is 1.21 bits per heavy atom. The molecule has 0 radical (unpaired) electrons. The van der Waals surface area contributed by atoms with Crippen LogP contribution in [-0.4, -0.2) is 51.6 Å². The number of rotatable bonds is 5. The summed E-state index contributed by atoms with van der Waals surface area (Å²) in [5.41, 5.74) is 1.43. The van der Waals surface area contributed by atoms with Crippen LogP contribution in [-0.2, 0) is 4.79 Å². The minimum atomic E-state index is -0.863. The van der Waals surface area contributed by atoms with Gasteiger partial charge in [-0.25, -0.2) is 24.9 Å². The number of carboxylic acids is 1. The number of anilines is 1. The number of fused-ring (bicyclic) bond motifs is 4. The zero-order chi connectivity index (χ0) is 23.4. The van der Waals surface area contributed by atoms with E-state index in [-0.39, 0.29) is 34.4 Å². The number of halogens is 2. The number of aliphatic carboxylic acids is 1. The number of carbonyl (C=O) groups is 1. The smallest absolute Gasteiger partial charge is 0.308 e. The van der Waals surface area contributed by atoms with E-state index in [9.17, 15) is 9.90 Å². The SMILES string of the molecule is O=C(O)[C@H]1C2CCC(CC2)C1Nc1nc(-c2c[nH]c3ncc(Cl)nc23)nc(-n2ccnc2)c1F. The molecule has 34 heavy (non-hydrogen) atoms. The average Bonchev–Trinajstić information content (AvgIpc) is 3.51. The highest BCUT2D eigenvalue weighted by molar-refractivity contribution is 6.29. The van der Waals surface area contributed by atoms with Crippen LogP contribution in [0.4, 0.5) is 10.2 Å². The van der Waals surface area contributed by atoms with Crippen molar-refractivity contribution in [3.63, 3.8) is 0 Å². The fraction of sp³-hybridized carbons (Fsp3) is 0.364. The fourth-order valence-electron chi connectivity index (χ4n) is 5.42. The molecule has 0 aromatic carbocycles. The molecule has 2 atom stereocenters. The molecule has 2 bridgehead atoms. The normalized spacial score (nSPS) is 23.9. The summed E-state index contributed by atoms with van der Waals surface area (Å²) in [7, 11) is 0. The first-order chi connectivity index (χ1) is 16.5. The van der Waals surface area contributed by atoms with Crippen molar-refractivity contribution in [3.8, 4) is 17.2 Å². The standard InChI is InChI=1S/C22H20ClFN8O2/c23-13-8-27-20-17(28-13)12(7-26-20)18-30-19(15(24)21(31-18)32-6-5-25-9-32)29-16-11-3-1-10(2-4-11)14(16)22(33)34/h5-11,14,16H,1-4H2,(H,26,27)(H,33,34)(H,29,30,31)/t10?,11?,14-,16?/m0/s1. The maximum absolute atomic E-state index is 15.7. The molecule has 0 aliphatic heterocycles. The third-order valence-electron chi connectivity index (χ3n) is 6.98. The summed E-state index contributed by atoms with van der Waals surface area (Å²) in [6.07, 6.45) is 11.2. The Labute approximate surface area is 197 Å². The van der Waals surface area contributed by atoms with Crippen molar-refractivity contribution in [2.75, 3.05) is 5.32 Å². The Balaban J connectivity index is 1.49. The van der Waals surface area contributed by atoms with Crippen molar-refractivity contribution in [1.82, 2.24) is 34.5 Å². The first-order valence-electron chi connectivity index (χ1n) is 11.0. The van der Waals surface area contributed by atoms with E-state index >= 15 is 4.39 Å². The van der Waals surface area contributed by atoms with Gasteiger partial charge in [-0.2, -0.15) is 4.39 Å². The van der Waals surface area contributed by atoms with Crippen molar-refractivity contribution >= 4 is 34.6 Å². The van der Waals surface area contributed by atoms with E-state index in [4.69, 9.17) is 11.6 Å². The average molecular weight is 483 g/mol. The molecule has 3 fully saturated rings. The van der Waals surface area contributed by atoms with Gasteiger partial charge in [0.2, 0.25) is 5.82 Å². The zero-order valence-corrected chi connectivity index (χ0v) is 18.6. The molecule has 10 nitrogen and oxygen atoms in total. The molecule has 1 unspecified atom stereocenters. The van der Waals surface area contributed by atoms with Crippen LogP contribution in [0.2, 0.25) is 5.15 Å². The number of imidazole rings is 1. The van der Waals surface area contributed by atoms with Crippen molar-refractivity contribution in [2.45, 2.75) is 31.7 Å². The molecule has 3 aliphatic rings. The maximum atomic E-state index is 15.7. The maximum Gasteiger partial charge on any atom is 0.308 e. The van der Waals surface area contributed by atoms with Crippen molar-refractivity contribution in [3.05, 3.63) is 42.1 Å². The number of aromatic amines is 1. The van der Waals surface area contributed by atoms with Gasteiger partial charge in [0.05, 0.1) is 17.7 Å². The fourth-order valence-corrected chi connectivity index (χ4v) is 5.55. The lowest BCUT2D eigenvalue weighted by Crippen LogP contribution is -2.51. The predicted molar refractivity (Wildman–Crippen MR) is 121 cm³/mol. The number of nitrogens with one attached hydrogen (secondary N) is 2. The third-order valence-corrected chi connectivity index (χ3v) is 7.16. The topological polar surface area (TPSA) is 134 Å². The van der Waals surface area contributed by atoms with E-state index in [0.717, 1.165) is 25.7 Å². The summed E-state index contributed by atoms with van der Waals surface area (Å²) >= 11 is 6.05. The summed E-state index contributed by atoms with van der Waals surface area (Å²) in [6, 6.07) is -0.421. The van der Waals surface area contributed by atoms with E-state index in [1.807, 2.05) is 0 Å². The summed E-state index contributed by atoms with van der Waals surface area (Å²) in [4.78, 5) is 36.6. The molecule has 3 saturated carbocycles. The predicted octanol–water partition coefficient (Wildman–Crippen LogP) is 3.69. The van der Waals surface area contributed by atoms with Crippen LogP contribution in [0.25, 0.3) is 28.4 Å². The highest BCUT2D eigenvalue weighted by atomic mass is 35.5. The lowest BCUT2D eigenvalue weighted by Gasteiger charge is -2.47. The molecular formula is C22H20ClFN8O2. The minimum absolute atomic E-state index is 0.0119. The van der Waals surface area contributed by atoms with Crippen molar-refractivity contribution in [2.24, 2.45) is 17.8 Å². The lowest BCUT2D eigenvalue weighted by atomic mass is 9.61. The second kappa shape index (κ2) is 8.01. The molecule has 4 heterocycles. The van der Waals surface area contributed by atoms with Gasteiger partial charge in [0.25, 0.3) is 0 Å². The summed E-state index contributed by atoms with van der Waals surface area (Å²) < 4.78 is 17.2. The second-order valence-corrected chi connectivity index (χ2v) is 9.19. The second-order valence-electron chi connectivity index (χ2n) is 8.80. The molecule has 3 aliphatic carbocycles. The van der Waals surface area contributed by atoms with Crippen molar-refractivity contribution in [1.29, 1.82) is 0 Å². The summed E-state index contributed by atoms with van der Waals surface area (Å²) in [6.45, 7) is 0. The molecule has 3 N–H and O–H groups in total. The van der Waals surface area contributed by atoms with Gasteiger partial charge in [0.15, 0.2) is 23.1 Å². The van der Waals surface area contributed by atoms with Gasteiger partial charge >= 0.3 is 5.97 Å². The number of hydrogen-bond acceptors (Lipinski definition) is 7. The zero-order valence-electron chi connectivity index (χ0n) is 17.8. The van der Waals surface area contributed by atoms with Gasteiger partial charge in [0.1, 0.15) is 17.0 Å². The monoisotopic (exact) mass is 482 g/mol. The summed E-state index contributed by atoms with van der Waals surface area (Å²) in [5.74, 6) is -1.80. The van der Waals surface area contributed by atoms with Gasteiger partial charge in [-0.05, 0) is 37.5 Å². The molecular weight excluding hydrogens is 463 g/mol. The molecule has 12 heteroatoms. The van der Waals surface area contributed by atoms with Crippen LogP contribution in [0.5, 0.6) is 0 Å². The Hall–Kier alpha value is -3.60. The van der Waals surface area contributed by atoms with Gasteiger partial charge < -0.3 is 15.4 Å². The largest absolute Gasteiger partial charge is 0.481 e. The molecule has 7 rings (SSSR count). The number of aromatic nitrogens is 7. The first kappa shape index (κ1) is 21.0. The molecule has 4 aromatic rings. The molecule has 0 spiro atoms. The Morgan fingerprint density at radius 2 is 2.00 bits per heavy atom. The van der Waals surface area contributed by atoms with E-state index in [1.54, 1.807) is 12.4 Å². The summed E-state index contributed by atoms with van der Waals surface area (Å²) in [5, 5.41) is 13.3. The van der Waals surface area contributed by atoms with Crippen LogP contribution >= 0.6 is 11.6 Å². The van der Waals surface area contributed by atoms with Gasteiger partial charge in [-0.1, -0.05) is 11.6 Å². The molecule has 4 aromatic heterocycles. The number of nitrogens with zero attached hydrogens (tertiary/aromatic N) is 6. The Morgan fingerprint density at radius 3 is 2.74 bits per heavy atom. The van der Waals surface area contributed by atoms with Crippen LogP contribution in [0.1, 0.15) is 25.7 Å². The van der Waals surface area contributed by atoms with E-state index in [1.165, 1.54) is 23.3 Å². The molecule has 0 saturated heterocycles. The van der Waals surface area contributed by atoms with E-state index in [2.05, 4.69) is 35.2 Å². The van der Waals surface area contributed by atoms with E-state index < -0.39 is 23.7 Å². The molecule has 174 valence electrons. The van der Waals surface area contributed by atoms with Crippen LogP contribution < -0.4 is 5.32 Å².